The van der Waals surface area contributed by atoms with E-state index >= 15 is 0 Å². The van der Waals surface area contributed by atoms with Crippen molar-refractivity contribution in [2.45, 2.75) is 13.1 Å². The Kier molecular flexibility index (Phi) is 11.5. The van der Waals surface area contributed by atoms with E-state index in [2.05, 4.69) is 31.1 Å². The molecule has 1 aliphatic heterocycles. The van der Waals surface area contributed by atoms with Crippen LogP contribution in [-0.4, -0.2) is 87.1 Å². The average Bonchev–Trinajstić information content (AvgIpc) is 2.86. The molecule has 0 unspecified atom stereocenters. The van der Waals surface area contributed by atoms with Crippen molar-refractivity contribution < 1.29 is 9.59 Å². The first kappa shape index (κ1) is 25.8. The Bertz CT molecular complexity index is 777. The van der Waals surface area contributed by atoms with E-state index in [1.807, 2.05) is 60.7 Å². The van der Waals surface area contributed by atoms with E-state index < -0.39 is 0 Å². The second-order valence-corrected chi connectivity index (χ2v) is 8.58. The van der Waals surface area contributed by atoms with E-state index in [4.69, 9.17) is 0 Å². The summed E-state index contributed by atoms with van der Waals surface area (Å²) in [6.07, 6.45) is 0. The lowest BCUT2D eigenvalue weighted by Gasteiger charge is -2.28. The van der Waals surface area contributed by atoms with Gasteiger partial charge in [-0.3, -0.25) is 19.4 Å². The SMILES string of the molecule is O=C(CN1CCNCCNCCN(CC(=O)NCc2ccccc2)CC1)NCc1ccccc1. The summed E-state index contributed by atoms with van der Waals surface area (Å²) in [5, 5.41) is 12.9. The Labute approximate surface area is 203 Å². The molecule has 1 fully saturated rings. The summed E-state index contributed by atoms with van der Waals surface area (Å²) >= 11 is 0. The van der Waals surface area contributed by atoms with Crippen LogP contribution in [0.25, 0.3) is 0 Å². The zero-order valence-electron chi connectivity index (χ0n) is 20.0. The van der Waals surface area contributed by atoms with Gasteiger partial charge in [0, 0.05) is 65.4 Å². The first-order valence-corrected chi connectivity index (χ1v) is 12.2. The van der Waals surface area contributed by atoms with E-state index in [9.17, 15) is 9.59 Å². The fourth-order valence-corrected chi connectivity index (χ4v) is 3.83. The molecule has 8 nitrogen and oxygen atoms in total. The molecule has 34 heavy (non-hydrogen) atoms. The van der Waals surface area contributed by atoms with E-state index in [-0.39, 0.29) is 11.8 Å². The van der Waals surface area contributed by atoms with Gasteiger partial charge in [0.15, 0.2) is 0 Å². The van der Waals surface area contributed by atoms with Crippen LogP contribution in [0, 0.1) is 0 Å². The molecule has 1 saturated heterocycles. The van der Waals surface area contributed by atoms with Gasteiger partial charge in [0.2, 0.25) is 11.8 Å². The van der Waals surface area contributed by atoms with Gasteiger partial charge in [-0.05, 0) is 11.1 Å². The molecule has 0 saturated carbocycles. The van der Waals surface area contributed by atoms with E-state index in [0.717, 1.165) is 63.5 Å². The normalized spacial score (nSPS) is 16.7. The second-order valence-electron chi connectivity index (χ2n) is 8.58. The molecule has 2 aromatic carbocycles. The Morgan fingerprint density at radius 3 is 1.44 bits per heavy atom. The smallest absolute Gasteiger partial charge is 0.234 e. The lowest BCUT2D eigenvalue weighted by molar-refractivity contribution is -0.124. The van der Waals surface area contributed by atoms with Crippen molar-refractivity contribution in [3.63, 3.8) is 0 Å². The minimum atomic E-state index is 0.0183. The number of carbonyl (C=O) groups is 2. The molecule has 1 heterocycles. The van der Waals surface area contributed by atoms with Crippen molar-refractivity contribution in [1.82, 2.24) is 31.1 Å². The topological polar surface area (TPSA) is 88.7 Å². The highest BCUT2D eigenvalue weighted by Crippen LogP contribution is 2.00. The maximum Gasteiger partial charge on any atom is 0.234 e. The third kappa shape index (κ3) is 10.4. The van der Waals surface area contributed by atoms with E-state index in [1.165, 1.54) is 0 Å². The fraction of sp³-hybridized carbons (Fsp3) is 0.462. The molecule has 0 atom stereocenters. The molecule has 0 spiro atoms. The Morgan fingerprint density at radius 2 is 1.03 bits per heavy atom. The van der Waals surface area contributed by atoms with Crippen LogP contribution < -0.4 is 21.3 Å². The molecule has 2 aromatic rings. The molecule has 3 rings (SSSR count). The van der Waals surface area contributed by atoms with Gasteiger partial charge >= 0.3 is 0 Å². The molecule has 4 N–H and O–H groups in total. The highest BCUT2D eigenvalue weighted by atomic mass is 16.2. The van der Waals surface area contributed by atoms with Crippen molar-refractivity contribution in [2.75, 3.05) is 65.4 Å². The minimum absolute atomic E-state index is 0.0183. The number of nitrogens with zero attached hydrogens (tertiary/aromatic N) is 2. The molecule has 184 valence electrons. The monoisotopic (exact) mass is 466 g/mol. The minimum Gasteiger partial charge on any atom is -0.351 e. The molecule has 0 bridgehead atoms. The van der Waals surface area contributed by atoms with Gasteiger partial charge in [-0.15, -0.1) is 0 Å². The van der Waals surface area contributed by atoms with Crippen molar-refractivity contribution in [1.29, 1.82) is 0 Å². The molecule has 0 aliphatic carbocycles. The Hall–Kier alpha value is -2.78. The average molecular weight is 467 g/mol. The predicted octanol–water partition coefficient (Wildman–Crippen LogP) is 0.416. The van der Waals surface area contributed by atoms with Crippen LogP contribution in [0.5, 0.6) is 0 Å². The first-order valence-electron chi connectivity index (χ1n) is 12.2. The van der Waals surface area contributed by atoms with Crippen molar-refractivity contribution in [2.24, 2.45) is 0 Å². The molecule has 8 heteroatoms. The van der Waals surface area contributed by atoms with E-state index in [0.29, 0.717) is 26.2 Å². The van der Waals surface area contributed by atoms with Gasteiger partial charge in [0.05, 0.1) is 13.1 Å². The van der Waals surface area contributed by atoms with Crippen LogP contribution >= 0.6 is 0 Å². The predicted molar refractivity (Wildman–Crippen MR) is 135 cm³/mol. The summed E-state index contributed by atoms with van der Waals surface area (Å²) in [6.45, 7) is 8.20. The Balaban J connectivity index is 1.48. The van der Waals surface area contributed by atoms with Gasteiger partial charge in [-0.25, -0.2) is 0 Å². The van der Waals surface area contributed by atoms with Crippen LogP contribution in [0.2, 0.25) is 0 Å². The molecular formula is C26H38N6O2. The van der Waals surface area contributed by atoms with E-state index in [1.54, 1.807) is 0 Å². The van der Waals surface area contributed by atoms with Crippen molar-refractivity contribution in [3.05, 3.63) is 71.8 Å². The van der Waals surface area contributed by atoms with Crippen LogP contribution in [0.4, 0.5) is 0 Å². The number of hydrogen-bond donors (Lipinski definition) is 4. The number of rotatable bonds is 8. The zero-order valence-corrected chi connectivity index (χ0v) is 20.0. The summed E-state index contributed by atoms with van der Waals surface area (Å²) in [6, 6.07) is 19.9. The summed E-state index contributed by atoms with van der Waals surface area (Å²) in [7, 11) is 0. The lowest BCUT2D eigenvalue weighted by Crippen LogP contribution is -2.48. The molecule has 0 aromatic heterocycles. The number of nitrogens with one attached hydrogen (secondary N) is 4. The summed E-state index contributed by atoms with van der Waals surface area (Å²) in [4.78, 5) is 29.5. The molecule has 1 aliphatic rings. The number of carbonyl (C=O) groups excluding carboxylic acids is 2. The largest absolute Gasteiger partial charge is 0.351 e. The van der Waals surface area contributed by atoms with Crippen LogP contribution in [0.15, 0.2) is 60.7 Å². The van der Waals surface area contributed by atoms with Gasteiger partial charge in [-0.2, -0.15) is 0 Å². The highest BCUT2D eigenvalue weighted by Gasteiger charge is 2.15. The van der Waals surface area contributed by atoms with Gasteiger partial charge < -0.3 is 21.3 Å². The maximum absolute atomic E-state index is 12.6. The third-order valence-corrected chi connectivity index (χ3v) is 5.82. The molecular weight excluding hydrogens is 428 g/mol. The standard InChI is InChI=1S/C26H38N6O2/c33-25(29-19-23-7-3-1-4-8-23)21-31-15-13-27-11-12-28-14-16-32(18-17-31)22-26(34)30-20-24-9-5-2-6-10-24/h1-10,27-28H,11-22H2,(H,29,33)(H,30,34). The number of benzene rings is 2. The second kappa shape index (κ2) is 15.2. The first-order chi connectivity index (χ1) is 16.7. The van der Waals surface area contributed by atoms with Gasteiger partial charge in [0.25, 0.3) is 0 Å². The Morgan fingerprint density at radius 1 is 0.618 bits per heavy atom. The summed E-state index contributed by atoms with van der Waals surface area (Å²) in [5.74, 6) is 0.0366. The zero-order chi connectivity index (χ0) is 23.8. The lowest BCUT2D eigenvalue weighted by atomic mass is 10.2. The summed E-state index contributed by atoms with van der Waals surface area (Å²) in [5.41, 5.74) is 2.18. The number of amides is 2. The number of hydrogen-bond acceptors (Lipinski definition) is 6. The van der Waals surface area contributed by atoms with Gasteiger partial charge in [-0.1, -0.05) is 60.7 Å². The van der Waals surface area contributed by atoms with Crippen LogP contribution in [-0.2, 0) is 22.7 Å². The third-order valence-electron chi connectivity index (χ3n) is 5.82. The fourth-order valence-electron chi connectivity index (χ4n) is 3.83. The molecule has 2 amide bonds. The van der Waals surface area contributed by atoms with Crippen molar-refractivity contribution in [3.8, 4) is 0 Å². The van der Waals surface area contributed by atoms with Gasteiger partial charge in [0.1, 0.15) is 0 Å². The highest BCUT2D eigenvalue weighted by molar-refractivity contribution is 5.78. The quantitative estimate of drug-likeness (QED) is 0.451. The van der Waals surface area contributed by atoms with Crippen LogP contribution in [0.1, 0.15) is 11.1 Å². The van der Waals surface area contributed by atoms with Crippen molar-refractivity contribution >= 4 is 11.8 Å². The van der Waals surface area contributed by atoms with Crippen LogP contribution in [0.3, 0.4) is 0 Å². The summed E-state index contributed by atoms with van der Waals surface area (Å²) < 4.78 is 0. The maximum atomic E-state index is 12.6. The molecule has 0 radical (unpaired) electrons.